The molecule has 0 spiro atoms. The number of nitrogens with one attached hydrogen (secondary N) is 2. The Morgan fingerprint density at radius 2 is 1.96 bits per heavy atom. The van der Waals surface area contributed by atoms with Crippen molar-refractivity contribution in [2.45, 2.75) is 45.3 Å². The van der Waals surface area contributed by atoms with Crippen LogP contribution < -0.4 is 15.4 Å². The molecule has 0 aliphatic heterocycles. The zero-order chi connectivity index (χ0) is 18.4. The second-order valence-corrected chi connectivity index (χ2v) is 5.61. The van der Waals surface area contributed by atoms with Crippen LogP contribution in [0.2, 0.25) is 0 Å². The SMILES string of the molecule is CCOc1ccc(NC(=O)NC(C)(CC)CCO)c(C(F)(F)F)c1. The molecule has 0 saturated carbocycles. The molecule has 0 saturated heterocycles. The smallest absolute Gasteiger partial charge is 0.418 e. The molecule has 0 aliphatic carbocycles. The van der Waals surface area contributed by atoms with E-state index in [4.69, 9.17) is 9.84 Å². The van der Waals surface area contributed by atoms with E-state index in [-0.39, 0.29) is 24.7 Å². The van der Waals surface area contributed by atoms with E-state index in [1.54, 1.807) is 13.8 Å². The summed E-state index contributed by atoms with van der Waals surface area (Å²) in [5.74, 6) is 0.0782. The number of anilines is 1. The molecule has 3 N–H and O–H groups in total. The van der Waals surface area contributed by atoms with Gasteiger partial charge in [0.1, 0.15) is 5.75 Å². The number of carbonyl (C=O) groups excluding carboxylic acids is 1. The van der Waals surface area contributed by atoms with E-state index in [0.717, 1.165) is 12.1 Å². The van der Waals surface area contributed by atoms with Crippen LogP contribution in [-0.2, 0) is 6.18 Å². The number of urea groups is 1. The van der Waals surface area contributed by atoms with Crippen molar-refractivity contribution in [3.63, 3.8) is 0 Å². The first-order valence-electron chi connectivity index (χ1n) is 7.69. The summed E-state index contributed by atoms with van der Waals surface area (Å²) in [6, 6.07) is 2.61. The Hall–Kier alpha value is -1.96. The molecule has 1 aromatic carbocycles. The van der Waals surface area contributed by atoms with Crippen molar-refractivity contribution in [1.29, 1.82) is 0 Å². The van der Waals surface area contributed by atoms with Crippen molar-refractivity contribution in [2.24, 2.45) is 0 Å². The first-order valence-corrected chi connectivity index (χ1v) is 7.69. The van der Waals surface area contributed by atoms with Crippen LogP contribution in [0.15, 0.2) is 18.2 Å². The number of rotatable bonds is 7. The van der Waals surface area contributed by atoms with Gasteiger partial charge in [0.2, 0.25) is 0 Å². The summed E-state index contributed by atoms with van der Waals surface area (Å²) in [7, 11) is 0. The van der Waals surface area contributed by atoms with E-state index < -0.39 is 23.3 Å². The Balaban J connectivity index is 2.99. The number of benzene rings is 1. The van der Waals surface area contributed by atoms with Gasteiger partial charge in [-0.2, -0.15) is 13.2 Å². The molecule has 1 atom stereocenters. The molecule has 0 bridgehead atoms. The van der Waals surface area contributed by atoms with Crippen LogP contribution in [0.25, 0.3) is 0 Å². The van der Waals surface area contributed by atoms with Crippen molar-refractivity contribution in [1.82, 2.24) is 5.32 Å². The van der Waals surface area contributed by atoms with Gasteiger partial charge in [-0.15, -0.1) is 0 Å². The number of ether oxygens (including phenoxy) is 1. The maximum Gasteiger partial charge on any atom is 0.418 e. The fraction of sp³-hybridized carbons (Fsp3) is 0.562. The lowest BCUT2D eigenvalue weighted by molar-refractivity contribution is -0.137. The summed E-state index contributed by atoms with van der Waals surface area (Å²) >= 11 is 0. The van der Waals surface area contributed by atoms with Gasteiger partial charge in [-0.3, -0.25) is 0 Å². The van der Waals surface area contributed by atoms with Crippen molar-refractivity contribution < 1.29 is 27.8 Å². The summed E-state index contributed by atoms with van der Waals surface area (Å²) in [5.41, 5.74) is -2.04. The molecular formula is C16H23F3N2O3. The van der Waals surface area contributed by atoms with E-state index in [2.05, 4.69) is 10.6 Å². The maximum atomic E-state index is 13.2. The molecule has 1 rings (SSSR count). The maximum absolute atomic E-state index is 13.2. The summed E-state index contributed by atoms with van der Waals surface area (Å²) in [6.07, 6.45) is -3.81. The minimum absolute atomic E-state index is 0.0782. The van der Waals surface area contributed by atoms with Crippen molar-refractivity contribution >= 4 is 11.7 Å². The van der Waals surface area contributed by atoms with Gasteiger partial charge >= 0.3 is 12.2 Å². The van der Waals surface area contributed by atoms with Crippen LogP contribution in [0, 0.1) is 0 Å². The van der Waals surface area contributed by atoms with Gasteiger partial charge in [-0.1, -0.05) is 6.92 Å². The van der Waals surface area contributed by atoms with Crippen LogP contribution in [0.5, 0.6) is 5.75 Å². The molecule has 24 heavy (non-hydrogen) atoms. The molecule has 5 nitrogen and oxygen atoms in total. The third-order valence-electron chi connectivity index (χ3n) is 3.71. The minimum atomic E-state index is -4.63. The highest BCUT2D eigenvalue weighted by Gasteiger charge is 2.35. The number of amides is 2. The first kappa shape index (κ1) is 20.1. The van der Waals surface area contributed by atoms with E-state index in [1.807, 2.05) is 6.92 Å². The monoisotopic (exact) mass is 348 g/mol. The average Bonchev–Trinajstić information content (AvgIpc) is 2.48. The lowest BCUT2D eigenvalue weighted by atomic mass is 9.95. The third-order valence-corrected chi connectivity index (χ3v) is 3.71. The van der Waals surface area contributed by atoms with E-state index in [1.165, 1.54) is 6.07 Å². The molecule has 136 valence electrons. The van der Waals surface area contributed by atoms with Crippen molar-refractivity contribution in [2.75, 3.05) is 18.5 Å². The molecule has 0 heterocycles. The second-order valence-electron chi connectivity index (χ2n) is 5.61. The quantitative estimate of drug-likeness (QED) is 0.702. The van der Waals surface area contributed by atoms with Gasteiger partial charge in [0.25, 0.3) is 0 Å². The lowest BCUT2D eigenvalue weighted by Gasteiger charge is -2.29. The average molecular weight is 348 g/mol. The Bertz CT molecular complexity index is 564. The molecule has 0 radical (unpaired) electrons. The highest BCUT2D eigenvalue weighted by Crippen LogP contribution is 2.37. The van der Waals surface area contributed by atoms with Crippen LogP contribution in [-0.4, -0.2) is 29.9 Å². The molecule has 1 unspecified atom stereocenters. The van der Waals surface area contributed by atoms with E-state index in [0.29, 0.717) is 12.8 Å². The van der Waals surface area contributed by atoms with Gasteiger partial charge in [-0.05, 0) is 44.9 Å². The van der Waals surface area contributed by atoms with Crippen molar-refractivity contribution in [3.8, 4) is 5.75 Å². The Morgan fingerprint density at radius 3 is 2.46 bits per heavy atom. The number of carbonyl (C=O) groups is 1. The summed E-state index contributed by atoms with van der Waals surface area (Å²) in [4.78, 5) is 12.0. The Kier molecular flexibility index (Phi) is 6.89. The fourth-order valence-corrected chi connectivity index (χ4v) is 2.13. The third kappa shape index (κ3) is 5.59. The number of halogens is 3. The fourth-order valence-electron chi connectivity index (χ4n) is 2.13. The van der Waals surface area contributed by atoms with Crippen LogP contribution >= 0.6 is 0 Å². The Labute approximate surface area is 139 Å². The van der Waals surface area contributed by atoms with Gasteiger partial charge in [0.15, 0.2) is 0 Å². The largest absolute Gasteiger partial charge is 0.494 e. The Morgan fingerprint density at radius 1 is 1.29 bits per heavy atom. The number of hydrogen-bond donors (Lipinski definition) is 3. The summed E-state index contributed by atoms with van der Waals surface area (Å²) < 4.78 is 44.6. The normalized spacial score (nSPS) is 14.0. The molecule has 2 amide bonds. The van der Waals surface area contributed by atoms with Gasteiger partial charge in [-0.25, -0.2) is 4.79 Å². The second kappa shape index (κ2) is 8.23. The van der Waals surface area contributed by atoms with Crippen LogP contribution in [0.3, 0.4) is 0 Å². The van der Waals surface area contributed by atoms with Crippen LogP contribution in [0.4, 0.5) is 23.7 Å². The predicted molar refractivity (Wildman–Crippen MR) is 85.2 cm³/mol. The molecule has 0 aromatic heterocycles. The molecular weight excluding hydrogens is 325 g/mol. The molecule has 1 aromatic rings. The van der Waals surface area contributed by atoms with Crippen LogP contribution in [0.1, 0.15) is 39.2 Å². The summed E-state index contributed by atoms with van der Waals surface area (Å²) in [5, 5.41) is 13.9. The highest BCUT2D eigenvalue weighted by molar-refractivity contribution is 5.90. The number of aliphatic hydroxyl groups is 1. The zero-order valence-corrected chi connectivity index (χ0v) is 14.0. The molecule has 8 heteroatoms. The van der Waals surface area contributed by atoms with Gasteiger partial charge in [0.05, 0.1) is 17.9 Å². The first-order chi connectivity index (χ1) is 11.1. The predicted octanol–water partition coefficient (Wildman–Crippen LogP) is 3.78. The zero-order valence-electron chi connectivity index (χ0n) is 14.0. The number of alkyl halides is 3. The number of aliphatic hydroxyl groups excluding tert-OH is 1. The molecule has 0 aliphatic rings. The number of hydrogen-bond acceptors (Lipinski definition) is 3. The van der Waals surface area contributed by atoms with Gasteiger partial charge < -0.3 is 20.5 Å². The van der Waals surface area contributed by atoms with E-state index in [9.17, 15) is 18.0 Å². The van der Waals surface area contributed by atoms with Crippen molar-refractivity contribution in [3.05, 3.63) is 23.8 Å². The minimum Gasteiger partial charge on any atom is -0.494 e. The lowest BCUT2D eigenvalue weighted by Crippen LogP contribution is -2.48. The molecule has 0 fully saturated rings. The topological polar surface area (TPSA) is 70.6 Å². The summed E-state index contributed by atoms with van der Waals surface area (Å²) in [6.45, 7) is 5.29. The van der Waals surface area contributed by atoms with Gasteiger partial charge in [0, 0.05) is 12.1 Å². The standard InChI is InChI=1S/C16H23F3N2O3/c1-4-15(3,8-9-22)21-14(23)20-13-7-6-11(24-5-2)10-12(13)16(17,18)19/h6-7,10,22H,4-5,8-9H2,1-3H3,(H2,20,21,23). The highest BCUT2D eigenvalue weighted by atomic mass is 19.4. The van der Waals surface area contributed by atoms with E-state index >= 15 is 0 Å².